The minimum atomic E-state index is -1.08. The first-order valence-corrected chi connectivity index (χ1v) is 8.07. The summed E-state index contributed by atoms with van der Waals surface area (Å²) in [5.41, 5.74) is 1.58. The number of rotatable bonds is 4. The first-order valence-electron chi connectivity index (χ1n) is 8.07. The van der Waals surface area contributed by atoms with Gasteiger partial charge in [0.15, 0.2) is 0 Å². The van der Waals surface area contributed by atoms with Gasteiger partial charge >= 0.3 is 5.97 Å². The molecular formula is C19H16N4O3. The molecule has 130 valence electrons. The molecule has 0 aliphatic carbocycles. The van der Waals surface area contributed by atoms with Crippen LogP contribution in [0.25, 0.3) is 11.0 Å². The number of anilines is 1. The van der Waals surface area contributed by atoms with Crippen LogP contribution in [0.15, 0.2) is 36.4 Å². The second-order valence-corrected chi connectivity index (χ2v) is 5.51. The van der Waals surface area contributed by atoms with Crippen LogP contribution in [0.2, 0.25) is 0 Å². The Labute approximate surface area is 149 Å². The smallest absolute Gasteiger partial charge is 0.337 e. The standard InChI is InChI=1S/C19H16N4O3/c1-2-3-4-7-12-8-5-11-15(20-12)17(24)23-19-21-14-10-6-9-13(18(25)26)16(14)22-19/h5-6,8-11H,2-3H2,1H3,(H,25,26)(H2,21,22,23,24). The van der Waals surface area contributed by atoms with Crippen molar-refractivity contribution in [1.82, 2.24) is 15.0 Å². The van der Waals surface area contributed by atoms with E-state index in [-0.39, 0.29) is 22.7 Å². The van der Waals surface area contributed by atoms with E-state index in [0.29, 0.717) is 11.2 Å². The Balaban J connectivity index is 1.83. The molecule has 7 nitrogen and oxygen atoms in total. The van der Waals surface area contributed by atoms with Gasteiger partial charge in [-0.2, -0.15) is 0 Å². The van der Waals surface area contributed by atoms with Crippen molar-refractivity contribution in [3.05, 3.63) is 53.3 Å². The Morgan fingerprint density at radius 3 is 2.77 bits per heavy atom. The molecule has 0 saturated heterocycles. The summed E-state index contributed by atoms with van der Waals surface area (Å²) in [7, 11) is 0. The highest BCUT2D eigenvalue weighted by Gasteiger charge is 2.15. The molecule has 26 heavy (non-hydrogen) atoms. The number of carboxylic acids is 1. The second kappa shape index (κ2) is 7.49. The van der Waals surface area contributed by atoms with Crippen LogP contribution in [0.4, 0.5) is 5.95 Å². The summed E-state index contributed by atoms with van der Waals surface area (Å²) in [4.78, 5) is 34.9. The number of carbonyl (C=O) groups is 2. The summed E-state index contributed by atoms with van der Waals surface area (Å²) in [6.07, 6.45) is 1.72. The monoisotopic (exact) mass is 348 g/mol. The average molecular weight is 348 g/mol. The molecule has 7 heteroatoms. The largest absolute Gasteiger partial charge is 0.478 e. The van der Waals surface area contributed by atoms with Crippen molar-refractivity contribution in [1.29, 1.82) is 0 Å². The third-order valence-electron chi connectivity index (χ3n) is 3.55. The number of aromatic carboxylic acids is 1. The van der Waals surface area contributed by atoms with E-state index in [9.17, 15) is 14.7 Å². The number of unbranched alkanes of at least 4 members (excludes halogenated alkanes) is 1. The third-order valence-corrected chi connectivity index (χ3v) is 3.55. The molecule has 3 aromatic rings. The molecule has 1 aromatic carbocycles. The summed E-state index contributed by atoms with van der Waals surface area (Å²) in [5.74, 6) is 4.51. The zero-order valence-electron chi connectivity index (χ0n) is 14.0. The van der Waals surface area contributed by atoms with Crippen LogP contribution in [-0.4, -0.2) is 31.9 Å². The van der Waals surface area contributed by atoms with Gasteiger partial charge in [-0.05, 0) is 36.6 Å². The van der Waals surface area contributed by atoms with E-state index >= 15 is 0 Å². The number of H-pyrrole nitrogens is 1. The summed E-state index contributed by atoms with van der Waals surface area (Å²) in [6.45, 7) is 2.04. The number of aromatic amines is 1. The van der Waals surface area contributed by atoms with Gasteiger partial charge in [0.05, 0.1) is 11.1 Å². The molecule has 0 atom stereocenters. The van der Waals surface area contributed by atoms with E-state index in [1.807, 2.05) is 6.92 Å². The fraction of sp³-hybridized carbons (Fsp3) is 0.158. The van der Waals surface area contributed by atoms with Gasteiger partial charge in [-0.1, -0.05) is 25.0 Å². The number of fused-ring (bicyclic) bond motifs is 1. The first-order chi connectivity index (χ1) is 12.6. The van der Waals surface area contributed by atoms with Crippen molar-refractivity contribution in [2.24, 2.45) is 0 Å². The second-order valence-electron chi connectivity index (χ2n) is 5.51. The van der Waals surface area contributed by atoms with Crippen molar-refractivity contribution >= 4 is 28.9 Å². The Morgan fingerprint density at radius 1 is 1.19 bits per heavy atom. The van der Waals surface area contributed by atoms with Crippen LogP contribution in [0.3, 0.4) is 0 Å². The van der Waals surface area contributed by atoms with Crippen molar-refractivity contribution in [3.63, 3.8) is 0 Å². The SMILES string of the molecule is CCCC#Cc1cccc(C(=O)Nc2nc3c(C(=O)O)cccc3[nH]2)n1. The maximum atomic E-state index is 12.4. The van der Waals surface area contributed by atoms with Gasteiger partial charge in [-0.25, -0.2) is 14.8 Å². The average Bonchev–Trinajstić information content (AvgIpc) is 3.04. The molecule has 0 spiro atoms. The van der Waals surface area contributed by atoms with Crippen molar-refractivity contribution in [2.75, 3.05) is 5.32 Å². The Morgan fingerprint density at radius 2 is 2.00 bits per heavy atom. The van der Waals surface area contributed by atoms with Gasteiger partial charge in [0.25, 0.3) is 5.91 Å². The Hall–Kier alpha value is -3.66. The lowest BCUT2D eigenvalue weighted by Gasteiger charge is -2.01. The maximum Gasteiger partial charge on any atom is 0.337 e. The lowest BCUT2D eigenvalue weighted by Crippen LogP contribution is -2.15. The summed E-state index contributed by atoms with van der Waals surface area (Å²) in [5, 5.41) is 11.8. The van der Waals surface area contributed by atoms with Gasteiger partial charge in [-0.3, -0.25) is 10.1 Å². The molecule has 0 bridgehead atoms. The Bertz CT molecular complexity index is 1040. The number of benzene rings is 1. The van der Waals surface area contributed by atoms with E-state index in [4.69, 9.17) is 0 Å². The van der Waals surface area contributed by atoms with E-state index < -0.39 is 11.9 Å². The number of carboxylic acid groups (broad SMARTS) is 1. The molecule has 0 aliphatic rings. The van der Waals surface area contributed by atoms with Gasteiger partial charge in [-0.15, -0.1) is 0 Å². The number of nitrogens with one attached hydrogen (secondary N) is 2. The van der Waals surface area contributed by atoms with Crippen LogP contribution in [0.5, 0.6) is 0 Å². The Kier molecular flexibility index (Phi) is 4.94. The number of hydrogen-bond acceptors (Lipinski definition) is 4. The third kappa shape index (κ3) is 3.70. The molecule has 0 fully saturated rings. The van der Waals surface area contributed by atoms with Crippen LogP contribution in [0, 0.1) is 11.8 Å². The molecule has 0 radical (unpaired) electrons. The normalized spacial score (nSPS) is 10.2. The highest BCUT2D eigenvalue weighted by Crippen LogP contribution is 2.19. The number of para-hydroxylation sites is 1. The lowest BCUT2D eigenvalue weighted by atomic mass is 10.2. The van der Waals surface area contributed by atoms with Gasteiger partial charge in [0, 0.05) is 6.42 Å². The number of pyridine rings is 1. The zero-order valence-corrected chi connectivity index (χ0v) is 14.0. The van der Waals surface area contributed by atoms with Crippen molar-refractivity contribution in [3.8, 4) is 11.8 Å². The van der Waals surface area contributed by atoms with Gasteiger partial charge < -0.3 is 10.1 Å². The predicted octanol–water partition coefficient (Wildman–Crippen LogP) is 3.06. The molecule has 0 unspecified atom stereocenters. The van der Waals surface area contributed by atoms with E-state index in [0.717, 1.165) is 12.8 Å². The van der Waals surface area contributed by atoms with Crippen LogP contribution in [0.1, 0.15) is 46.3 Å². The molecule has 0 aliphatic heterocycles. The summed E-state index contributed by atoms with van der Waals surface area (Å²) >= 11 is 0. The van der Waals surface area contributed by atoms with Crippen molar-refractivity contribution < 1.29 is 14.7 Å². The highest BCUT2D eigenvalue weighted by molar-refractivity contribution is 6.04. The summed E-state index contributed by atoms with van der Waals surface area (Å²) < 4.78 is 0. The number of hydrogen-bond donors (Lipinski definition) is 3. The maximum absolute atomic E-state index is 12.4. The van der Waals surface area contributed by atoms with E-state index in [1.54, 1.807) is 30.3 Å². The number of carbonyl (C=O) groups excluding carboxylic acids is 1. The molecule has 3 N–H and O–H groups in total. The molecular weight excluding hydrogens is 332 g/mol. The quantitative estimate of drug-likeness (QED) is 0.628. The topological polar surface area (TPSA) is 108 Å². The fourth-order valence-corrected chi connectivity index (χ4v) is 2.34. The number of imidazole rings is 1. The van der Waals surface area contributed by atoms with Crippen LogP contribution >= 0.6 is 0 Å². The fourth-order valence-electron chi connectivity index (χ4n) is 2.34. The molecule has 0 saturated carbocycles. The van der Waals surface area contributed by atoms with Crippen LogP contribution < -0.4 is 5.32 Å². The lowest BCUT2D eigenvalue weighted by molar-refractivity contribution is 0.0698. The van der Waals surface area contributed by atoms with Crippen LogP contribution in [-0.2, 0) is 0 Å². The molecule has 1 amide bonds. The predicted molar refractivity (Wildman–Crippen MR) is 97.0 cm³/mol. The van der Waals surface area contributed by atoms with Crippen molar-refractivity contribution in [2.45, 2.75) is 19.8 Å². The summed E-state index contributed by atoms with van der Waals surface area (Å²) in [6, 6.07) is 9.77. The number of nitrogens with zero attached hydrogens (tertiary/aromatic N) is 2. The minimum absolute atomic E-state index is 0.0607. The number of amides is 1. The molecule has 3 rings (SSSR count). The molecule has 2 heterocycles. The van der Waals surface area contributed by atoms with E-state index in [2.05, 4.69) is 32.1 Å². The van der Waals surface area contributed by atoms with E-state index in [1.165, 1.54) is 6.07 Å². The minimum Gasteiger partial charge on any atom is -0.478 e. The van der Waals surface area contributed by atoms with Gasteiger partial charge in [0.1, 0.15) is 16.9 Å². The number of aromatic nitrogens is 3. The van der Waals surface area contributed by atoms with Gasteiger partial charge in [0.2, 0.25) is 5.95 Å². The highest BCUT2D eigenvalue weighted by atomic mass is 16.4. The molecule has 2 aromatic heterocycles. The first kappa shape index (κ1) is 17.2. The zero-order chi connectivity index (χ0) is 18.5.